The van der Waals surface area contributed by atoms with Crippen molar-refractivity contribution in [3.8, 4) is 11.4 Å². The summed E-state index contributed by atoms with van der Waals surface area (Å²) in [5, 5.41) is 30.3. The smallest absolute Gasteiger partial charge is 0.258 e. The molecule has 170 valence electrons. The van der Waals surface area contributed by atoms with Gasteiger partial charge in [-0.1, -0.05) is 49.7 Å². The van der Waals surface area contributed by atoms with Gasteiger partial charge in [-0.3, -0.25) is 4.98 Å². The zero-order valence-electron chi connectivity index (χ0n) is 19.0. The van der Waals surface area contributed by atoms with E-state index >= 15 is 0 Å². The number of hydrogen-bond acceptors (Lipinski definition) is 7. The zero-order valence-corrected chi connectivity index (χ0v) is 19.7. The summed E-state index contributed by atoms with van der Waals surface area (Å²) in [6.07, 6.45) is 3.27. The molecule has 0 bridgehead atoms. The Bertz CT molecular complexity index is 1130. The molecule has 32 heavy (non-hydrogen) atoms. The van der Waals surface area contributed by atoms with Crippen molar-refractivity contribution in [2.24, 2.45) is 5.41 Å². The maximum Gasteiger partial charge on any atom is 0.258 e. The van der Waals surface area contributed by atoms with Gasteiger partial charge in [-0.05, 0) is 43.0 Å². The highest BCUT2D eigenvalue weighted by atomic mass is 35.5. The van der Waals surface area contributed by atoms with Gasteiger partial charge in [-0.25, -0.2) is 0 Å². The fourth-order valence-corrected chi connectivity index (χ4v) is 4.59. The van der Waals surface area contributed by atoms with Crippen LogP contribution in [0, 0.1) is 5.41 Å². The SMILES string of the molecule is CC(C)c1ccc([C@](O)(c2cncc(-c3noc(C(C)(C)O)n3)c2)C2(C)CNC2)cc1Cl. The molecule has 3 N–H and O–H groups in total. The van der Waals surface area contributed by atoms with Crippen molar-refractivity contribution in [3.63, 3.8) is 0 Å². The molecule has 1 saturated heterocycles. The minimum atomic E-state index is -1.34. The van der Waals surface area contributed by atoms with Crippen molar-refractivity contribution in [2.45, 2.75) is 51.7 Å². The molecule has 7 nitrogen and oxygen atoms in total. The van der Waals surface area contributed by atoms with Crippen LogP contribution in [0.4, 0.5) is 0 Å². The maximum absolute atomic E-state index is 12.2. The van der Waals surface area contributed by atoms with E-state index in [4.69, 9.17) is 16.1 Å². The first-order valence-electron chi connectivity index (χ1n) is 10.7. The van der Waals surface area contributed by atoms with Crippen LogP contribution in [0.3, 0.4) is 0 Å². The van der Waals surface area contributed by atoms with Gasteiger partial charge in [0.25, 0.3) is 5.89 Å². The number of nitrogens with one attached hydrogen (secondary N) is 1. The molecule has 1 fully saturated rings. The third-order valence-corrected chi connectivity index (χ3v) is 6.63. The molecule has 0 aliphatic carbocycles. The van der Waals surface area contributed by atoms with E-state index < -0.39 is 16.6 Å². The minimum Gasteiger partial charge on any atom is -0.381 e. The van der Waals surface area contributed by atoms with E-state index in [2.05, 4.69) is 34.3 Å². The maximum atomic E-state index is 12.2. The van der Waals surface area contributed by atoms with Gasteiger partial charge in [0.2, 0.25) is 5.82 Å². The third-order valence-electron chi connectivity index (χ3n) is 6.31. The number of pyridine rings is 1. The average Bonchev–Trinajstić information content (AvgIpc) is 3.22. The molecule has 2 aromatic heterocycles. The lowest BCUT2D eigenvalue weighted by atomic mass is 9.63. The zero-order chi connectivity index (χ0) is 23.3. The molecule has 3 heterocycles. The summed E-state index contributed by atoms with van der Waals surface area (Å²) in [7, 11) is 0. The molecule has 8 heteroatoms. The van der Waals surface area contributed by atoms with E-state index in [-0.39, 0.29) is 11.8 Å². The highest BCUT2D eigenvalue weighted by Gasteiger charge is 2.53. The highest BCUT2D eigenvalue weighted by molar-refractivity contribution is 6.31. The Morgan fingerprint density at radius 1 is 1.12 bits per heavy atom. The Labute approximate surface area is 192 Å². The predicted octanol–water partition coefficient (Wildman–Crippen LogP) is 3.98. The van der Waals surface area contributed by atoms with Gasteiger partial charge < -0.3 is 20.1 Å². The number of halogens is 1. The molecule has 4 rings (SSSR count). The van der Waals surface area contributed by atoms with Crippen LogP contribution < -0.4 is 5.32 Å². The van der Waals surface area contributed by atoms with Crippen LogP contribution in [0.2, 0.25) is 5.02 Å². The summed E-state index contributed by atoms with van der Waals surface area (Å²) < 4.78 is 5.22. The van der Waals surface area contributed by atoms with E-state index in [9.17, 15) is 10.2 Å². The number of nitrogens with zero attached hydrogens (tertiary/aromatic N) is 3. The quantitative estimate of drug-likeness (QED) is 0.515. The van der Waals surface area contributed by atoms with Gasteiger partial charge in [0.05, 0.1) is 0 Å². The number of aliphatic hydroxyl groups is 2. The second kappa shape index (κ2) is 7.92. The Balaban J connectivity index is 1.83. The van der Waals surface area contributed by atoms with Gasteiger partial charge in [-0.2, -0.15) is 4.98 Å². The Morgan fingerprint density at radius 2 is 1.84 bits per heavy atom. The first kappa shape index (κ1) is 22.9. The van der Waals surface area contributed by atoms with E-state index in [1.165, 1.54) is 0 Å². The molecular weight excluding hydrogens is 428 g/mol. The second-order valence-electron chi connectivity index (χ2n) is 9.71. The molecule has 3 aromatic rings. The van der Waals surface area contributed by atoms with Crippen molar-refractivity contribution in [1.82, 2.24) is 20.4 Å². The van der Waals surface area contributed by atoms with Crippen molar-refractivity contribution >= 4 is 11.6 Å². The average molecular weight is 457 g/mol. The summed E-state index contributed by atoms with van der Waals surface area (Å²) in [5.41, 5.74) is -0.123. The minimum absolute atomic E-state index is 0.111. The lowest BCUT2D eigenvalue weighted by Crippen LogP contribution is -2.63. The molecular formula is C24H29ClN4O3. The number of aromatic nitrogens is 3. The van der Waals surface area contributed by atoms with Crippen molar-refractivity contribution < 1.29 is 14.7 Å². The molecule has 0 amide bonds. The molecule has 0 spiro atoms. The molecule has 0 unspecified atom stereocenters. The summed E-state index contributed by atoms with van der Waals surface area (Å²) in [4.78, 5) is 8.67. The standard InChI is InChI=1S/C24H29ClN4O3/c1-14(2)18-7-6-16(9-19(18)25)24(31,23(5)12-27-13-23)17-8-15(10-26-11-17)20-28-21(32-29-20)22(3,4)30/h6-11,14,27,30-31H,12-13H2,1-5H3/t24-/m0/s1. The molecule has 1 aliphatic rings. The third kappa shape index (κ3) is 3.73. The summed E-state index contributed by atoms with van der Waals surface area (Å²) in [6, 6.07) is 7.60. The van der Waals surface area contributed by atoms with Crippen molar-refractivity contribution in [2.75, 3.05) is 13.1 Å². The monoisotopic (exact) mass is 456 g/mol. The molecule has 1 atom stereocenters. The first-order valence-corrected chi connectivity index (χ1v) is 11.1. The largest absolute Gasteiger partial charge is 0.381 e. The van der Waals surface area contributed by atoms with Crippen LogP contribution in [0.25, 0.3) is 11.4 Å². The lowest BCUT2D eigenvalue weighted by molar-refractivity contribution is -0.0769. The lowest BCUT2D eigenvalue weighted by Gasteiger charge is -2.52. The molecule has 0 saturated carbocycles. The van der Waals surface area contributed by atoms with Gasteiger partial charge >= 0.3 is 0 Å². The summed E-state index contributed by atoms with van der Waals surface area (Å²) in [5.74, 6) is 0.682. The fourth-order valence-electron chi connectivity index (χ4n) is 4.19. The highest BCUT2D eigenvalue weighted by Crippen LogP contribution is 2.48. The van der Waals surface area contributed by atoms with Crippen LogP contribution in [0.1, 0.15) is 63.1 Å². The summed E-state index contributed by atoms with van der Waals surface area (Å²) >= 11 is 6.60. The number of benzene rings is 1. The van der Waals surface area contributed by atoms with E-state index in [1.807, 2.05) is 31.2 Å². The molecule has 0 radical (unpaired) electrons. The normalized spacial score (nSPS) is 17.8. The van der Waals surface area contributed by atoms with E-state index in [0.29, 0.717) is 40.6 Å². The topological polar surface area (TPSA) is 104 Å². The molecule has 1 aromatic carbocycles. The number of hydrogen-bond donors (Lipinski definition) is 3. The van der Waals surface area contributed by atoms with Gasteiger partial charge in [-0.15, -0.1) is 0 Å². The first-order chi connectivity index (χ1) is 15.0. The van der Waals surface area contributed by atoms with Crippen LogP contribution >= 0.6 is 11.6 Å². The van der Waals surface area contributed by atoms with Crippen LogP contribution in [-0.2, 0) is 11.2 Å². The van der Waals surface area contributed by atoms with Crippen LogP contribution in [0.5, 0.6) is 0 Å². The Hall–Kier alpha value is -2.32. The Kier molecular flexibility index (Phi) is 5.66. The molecule has 1 aliphatic heterocycles. The van der Waals surface area contributed by atoms with Crippen LogP contribution in [0.15, 0.2) is 41.2 Å². The van der Waals surface area contributed by atoms with Crippen LogP contribution in [-0.4, -0.2) is 38.4 Å². The van der Waals surface area contributed by atoms with Crippen molar-refractivity contribution in [1.29, 1.82) is 0 Å². The van der Waals surface area contributed by atoms with Gasteiger partial charge in [0.1, 0.15) is 11.2 Å². The van der Waals surface area contributed by atoms with Crippen molar-refractivity contribution in [3.05, 3.63) is 64.3 Å². The van der Waals surface area contributed by atoms with E-state index in [0.717, 1.165) is 5.56 Å². The van der Waals surface area contributed by atoms with E-state index in [1.54, 1.807) is 26.2 Å². The number of rotatable bonds is 6. The summed E-state index contributed by atoms with van der Waals surface area (Å²) in [6.45, 7) is 10.7. The Morgan fingerprint density at radius 3 is 2.38 bits per heavy atom. The van der Waals surface area contributed by atoms with Gasteiger partial charge in [0.15, 0.2) is 0 Å². The second-order valence-corrected chi connectivity index (χ2v) is 10.1. The van der Waals surface area contributed by atoms with Gasteiger partial charge in [0, 0.05) is 47.0 Å². The predicted molar refractivity (Wildman–Crippen MR) is 122 cm³/mol. The fraction of sp³-hybridized carbons (Fsp3) is 0.458.